The maximum Gasteiger partial charge on any atom is 0.0873 e. The van der Waals surface area contributed by atoms with Crippen LogP contribution in [-0.2, 0) is 9.47 Å². The summed E-state index contributed by atoms with van der Waals surface area (Å²) in [7, 11) is 0. The van der Waals surface area contributed by atoms with E-state index < -0.39 is 0 Å². The molecule has 1 unspecified atom stereocenters. The maximum atomic E-state index is 5.70. The lowest BCUT2D eigenvalue weighted by atomic mass is 9.76. The summed E-state index contributed by atoms with van der Waals surface area (Å²) in [5.74, 6) is 0. The molecule has 2 rings (SSSR count). The van der Waals surface area contributed by atoms with Crippen molar-refractivity contribution in [2.45, 2.75) is 64.7 Å². The third kappa shape index (κ3) is 4.01. The van der Waals surface area contributed by atoms with Crippen LogP contribution in [0.25, 0.3) is 0 Å². The van der Waals surface area contributed by atoms with Crippen LogP contribution in [0.4, 0.5) is 0 Å². The van der Waals surface area contributed by atoms with Gasteiger partial charge < -0.3 is 9.47 Å². The highest BCUT2D eigenvalue weighted by atomic mass is 16.5. The molecule has 2 fully saturated rings. The first-order valence-electron chi connectivity index (χ1n) is 7.72. The molecule has 0 aromatic carbocycles. The Morgan fingerprint density at radius 2 is 2.11 bits per heavy atom. The molecule has 1 aliphatic heterocycles. The molecule has 1 heterocycles. The van der Waals surface area contributed by atoms with Gasteiger partial charge in [-0.05, 0) is 68.8 Å². The zero-order valence-corrected chi connectivity index (χ0v) is 11.9. The van der Waals surface area contributed by atoms with Gasteiger partial charge in [-0.1, -0.05) is 6.92 Å². The van der Waals surface area contributed by atoms with Crippen molar-refractivity contribution in [1.29, 1.82) is 0 Å². The molecule has 1 saturated carbocycles. The highest BCUT2D eigenvalue weighted by Gasteiger charge is 2.30. The molecular weight excluding hydrogens is 224 g/mol. The second-order valence-electron chi connectivity index (χ2n) is 5.97. The van der Waals surface area contributed by atoms with Crippen LogP contribution in [-0.4, -0.2) is 19.8 Å². The second-order valence-corrected chi connectivity index (χ2v) is 5.97. The topological polar surface area (TPSA) is 18.5 Å². The summed E-state index contributed by atoms with van der Waals surface area (Å²) in [4.78, 5) is 0. The summed E-state index contributed by atoms with van der Waals surface area (Å²) in [6.45, 7) is 5.11. The molecular formula is C16H28O2. The average molecular weight is 252 g/mol. The Bertz CT molecular complexity index is 256. The van der Waals surface area contributed by atoms with E-state index in [1.165, 1.54) is 63.4 Å². The van der Waals surface area contributed by atoms with Gasteiger partial charge in [-0.25, -0.2) is 0 Å². The largest absolute Gasteiger partial charge is 0.501 e. The van der Waals surface area contributed by atoms with Crippen LogP contribution in [0.1, 0.15) is 64.7 Å². The highest BCUT2D eigenvalue weighted by Crippen LogP contribution is 2.36. The molecule has 1 saturated heterocycles. The van der Waals surface area contributed by atoms with Gasteiger partial charge in [0, 0.05) is 6.61 Å². The van der Waals surface area contributed by atoms with Crippen molar-refractivity contribution in [3.63, 3.8) is 0 Å². The molecule has 2 aliphatic rings. The van der Waals surface area contributed by atoms with E-state index >= 15 is 0 Å². The summed E-state index contributed by atoms with van der Waals surface area (Å²) in [6, 6.07) is 0. The fourth-order valence-corrected chi connectivity index (χ4v) is 3.22. The molecule has 0 aromatic rings. The van der Waals surface area contributed by atoms with Crippen LogP contribution in [0.2, 0.25) is 0 Å². The lowest BCUT2D eigenvalue weighted by molar-refractivity contribution is -0.0180. The molecule has 2 nitrogen and oxygen atoms in total. The number of allylic oxidation sites excluding steroid dienone is 1. The second kappa shape index (κ2) is 7.18. The van der Waals surface area contributed by atoms with Gasteiger partial charge in [0.25, 0.3) is 0 Å². The van der Waals surface area contributed by atoms with Gasteiger partial charge in [0.15, 0.2) is 0 Å². The molecule has 18 heavy (non-hydrogen) atoms. The average Bonchev–Trinajstić information content (AvgIpc) is 2.93. The van der Waals surface area contributed by atoms with Crippen molar-refractivity contribution in [2.24, 2.45) is 5.41 Å². The van der Waals surface area contributed by atoms with Crippen LogP contribution in [0.3, 0.4) is 0 Å². The van der Waals surface area contributed by atoms with Crippen LogP contribution < -0.4 is 0 Å². The van der Waals surface area contributed by atoms with Crippen LogP contribution in [0.15, 0.2) is 11.8 Å². The first kappa shape index (κ1) is 13.9. The van der Waals surface area contributed by atoms with Gasteiger partial charge in [0.1, 0.15) is 0 Å². The summed E-state index contributed by atoms with van der Waals surface area (Å²) >= 11 is 0. The van der Waals surface area contributed by atoms with E-state index in [9.17, 15) is 0 Å². The number of hydrogen-bond acceptors (Lipinski definition) is 2. The zero-order chi connectivity index (χ0) is 12.7. The molecule has 0 bridgehead atoms. The zero-order valence-electron chi connectivity index (χ0n) is 11.9. The van der Waals surface area contributed by atoms with E-state index in [0.717, 1.165) is 19.8 Å². The quantitative estimate of drug-likeness (QED) is 0.513. The summed E-state index contributed by atoms with van der Waals surface area (Å²) in [5.41, 5.74) is 1.96. The SMILES string of the molecule is CCC1(CCCOC=C2CCCC2)CCCOC1. The molecule has 0 amide bonds. The van der Waals surface area contributed by atoms with Gasteiger partial charge in [-0.3, -0.25) is 0 Å². The number of ether oxygens (including phenoxy) is 2. The lowest BCUT2D eigenvalue weighted by Gasteiger charge is -2.36. The molecule has 0 N–H and O–H groups in total. The Morgan fingerprint density at radius 1 is 1.28 bits per heavy atom. The van der Waals surface area contributed by atoms with Gasteiger partial charge in [-0.2, -0.15) is 0 Å². The predicted octanol–water partition coefficient (Wildman–Crippen LogP) is 4.45. The van der Waals surface area contributed by atoms with Crippen molar-refractivity contribution in [3.8, 4) is 0 Å². The summed E-state index contributed by atoms with van der Waals surface area (Å²) < 4.78 is 11.4. The third-order valence-corrected chi connectivity index (χ3v) is 4.62. The molecule has 0 aromatic heterocycles. The minimum atomic E-state index is 0.447. The van der Waals surface area contributed by atoms with Gasteiger partial charge in [-0.15, -0.1) is 0 Å². The predicted molar refractivity (Wildman–Crippen MR) is 74.5 cm³/mol. The van der Waals surface area contributed by atoms with Crippen molar-refractivity contribution in [1.82, 2.24) is 0 Å². The molecule has 1 atom stereocenters. The molecule has 1 aliphatic carbocycles. The Balaban J connectivity index is 1.62. The first-order valence-corrected chi connectivity index (χ1v) is 7.72. The minimum Gasteiger partial charge on any atom is -0.501 e. The standard InChI is InChI=1S/C16H28O2/c1-2-16(10-6-12-18-14-16)9-5-11-17-13-15-7-3-4-8-15/h13H,2-12,14H2,1H3. The lowest BCUT2D eigenvalue weighted by Crippen LogP contribution is -2.31. The smallest absolute Gasteiger partial charge is 0.0873 e. The van der Waals surface area contributed by atoms with E-state index in [1.807, 2.05) is 6.26 Å². The van der Waals surface area contributed by atoms with E-state index in [2.05, 4.69) is 6.92 Å². The molecule has 0 radical (unpaired) electrons. The van der Waals surface area contributed by atoms with Crippen molar-refractivity contribution < 1.29 is 9.47 Å². The monoisotopic (exact) mass is 252 g/mol. The van der Waals surface area contributed by atoms with E-state index in [4.69, 9.17) is 9.47 Å². The Hall–Kier alpha value is -0.500. The van der Waals surface area contributed by atoms with E-state index in [1.54, 1.807) is 0 Å². The van der Waals surface area contributed by atoms with Crippen LogP contribution in [0.5, 0.6) is 0 Å². The maximum absolute atomic E-state index is 5.70. The van der Waals surface area contributed by atoms with Crippen LogP contribution >= 0.6 is 0 Å². The van der Waals surface area contributed by atoms with E-state index in [-0.39, 0.29) is 0 Å². The van der Waals surface area contributed by atoms with Crippen molar-refractivity contribution in [3.05, 3.63) is 11.8 Å². The van der Waals surface area contributed by atoms with Crippen molar-refractivity contribution in [2.75, 3.05) is 19.8 Å². The fraction of sp³-hybridized carbons (Fsp3) is 0.875. The fourth-order valence-electron chi connectivity index (χ4n) is 3.22. The van der Waals surface area contributed by atoms with Gasteiger partial charge >= 0.3 is 0 Å². The molecule has 104 valence electrons. The Labute approximate surface area is 112 Å². The molecule has 2 heteroatoms. The Kier molecular flexibility index (Phi) is 5.55. The van der Waals surface area contributed by atoms with Crippen LogP contribution in [0, 0.1) is 5.41 Å². The van der Waals surface area contributed by atoms with E-state index in [0.29, 0.717) is 5.41 Å². The Morgan fingerprint density at radius 3 is 2.78 bits per heavy atom. The minimum absolute atomic E-state index is 0.447. The number of hydrogen-bond donors (Lipinski definition) is 0. The van der Waals surface area contributed by atoms with Gasteiger partial charge in [0.05, 0.1) is 19.5 Å². The normalized spacial score (nSPS) is 28.4. The third-order valence-electron chi connectivity index (χ3n) is 4.62. The summed E-state index contributed by atoms with van der Waals surface area (Å²) in [5, 5.41) is 0. The van der Waals surface area contributed by atoms with Gasteiger partial charge in [0.2, 0.25) is 0 Å². The summed E-state index contributed by atoms with van der Waals surface area (Å²) in [6.07, 6.45) is 13.5. The van der Waals surface area contributed by atoms with Crippen molar-refractivity contribution >= 4 is 0 Å². The first-order chi connectivity index (χ1) is 8.85. The molecule has 0 spiro atoms. The number of rotatable bonds is 6. The highest BCUT2D eigenvalue weighted by molar-refractivity contribution is 5.02.